The van der Waals surface area contributed by atoms with E-state index in [1.54, 1.807) is 7.11 Å². The van der Waals surface area contributed by atoms with Crippen molar-refractivity contribution < 1.29 is 4.74 Å². The lowest BCUT2D eigenvalue weighted by molar-refractivity contribution is 0.405. The van der Waals surface area contributed by atoms with Gasteiger partial charge in [-0.05, 0) is 44.7 Å². The standard InChI is InChI=1S/C17H20ClNO/c1-11-7-12(2)9-13(8-11)17(19-3)15-10-14(18)5-6-16(15)20-4/h5-10,17,19H,1-4H3. The molecule has 2 aromatic carbocycles. The van der Waals surface area contributed by atoms with E-state index in [1.807, 2.05) is 25.2 Å². The third kappa shape index (κ3) is 3.14. The minimum absolute atomic E-state index is 0.0576. The summed E-state index contributed by atoms with van der Waals surface area (Å²) in [5, 5.41) is 4.07. The molecule has 0 aliphatic rings. The largest absolute Gasteiger partial charge is 0.496 e. The van der Waals surface area contributed by atoms with Crippen molar-refractivity contribution in [2.75, 3.05) is 14.2 Å². The summed E-state index contributed by atoms with van der Waals surface area (Å²) in [4.78, 5) is 0. The second kappa shape index (κ2) is 6.29. The fraction of sp³-hybridized carbons (Fsp3) is 0.294. The summed E-state index contributed by atoms with van der Waals surface area (Å²) in [7, 11) is 3.63. The van der Waals surface area contributed by atoms with Crippen LogP contribution in [0.2, 0.25) is 5.02 Å². The minimum Gasteiger partial charge on any atom is -0.496 e. The second-order valence-electron chi connectivity index (χ2n) is 5.03. The first-order valence-corrected chi connectivity index (χ1v) is 7.02. The molecule has 0 aromatic heterocycles. The first-order chi connectivity index (χ1) is 9.55. The summed E-state index contributed by atoms with van der Waals surface area (Å²) in [5.41, 5.74) is 4.76. The van der Waals surface area contributed by atoms with Gasteiger partial charge in [0.15, 0.2) is 0 Å². The zero-order valence-electron chi connectivity index (χ0n) is 12.3. The van der Waals surface area contributed by atoms with Crippen LogP contribution in [0, 0.1) is 13.8 Å². The molecule has 0 fully saturated rings. The molecular weight excluding hydrogens is 270 g/mol. The Morgan fingerprint density at radius 1 is 1.05 bits per heavy atom. The second-order valence-corrected chi connectivity index (χ2v) is 5.47. The van der Waals surface area contributed by atoms with Crippen molar-refractivity contribution in [3.8, 4) is 5.75 Å². The molecule has 20 heavy (non-hydrogen) atoms. The SMILES string of the molecule is CNC(c1cc(C)cc(C)c1)c1cc(Cl)ccc1OC. The lowest BCUT2D eigenvalue weighted by Gasteiger charge is -2.21. The van der Waals surface area contributed by atoms with Crippen molar-refractivity contribution in [3.63, 3.8) is 0 Å². The molecule has 0 saturated carbocycles. The van der Waals surface area contributed by atoms with Crippen LogP contribution in [0.25, 0.3) is 0 Å². The number of nitrogens with one attached hydrogen (secondary N) is 1. The molecule has 2 nitrogen and oxygen atoms in total. The Balaban J connectivity index is 2.54. The number of ether oxygens (including phenoxy) is 1. The van der Waals surface area contributed by atoms with E-state index < -0.39 is 0 Å². The fourth-order valence-corrected chi connectivity index (χ4v) is 2.79. The van der Waals surface area contributed by atoms with Gasteiger partial charge in [-0.25, -0.2) is 0 Å². The van der Waals surface area contributed by atoms with Crippen molar-refractivity contribution >= 4 is 11.6 Å². The van der Waals surface area contributed by atoms with E-state index in [9.17, 15) is 0 Å². The fourth-order valence-electron chi connectivity index (χ4n) is 2.61. The number of halogens is 1. The Morgan fingerprint density at radius 3 is 2.25 bits per heavy atom. The number of aryl methyl sites for hydroxylation is 2. The summed E-state index contributed by atoms with van der Waals surface area (Å²) in [6, 6.07) is 12.3. The summed E-state index contributed by atoms with van der Waals surface area (Å²) < 4.78 is 5.47. The lowest BCUT2D eigenvalue weighted by atomic mass is 9.95. The van der Waals surface area contributed by atoms with Gasteiger partial charge in [-0.3, -0.25) is 0 Å². The molecule has 2 rings (SSSR count). The van der Waals surface area contributed by atoms with Gasteiger partial charge in [-0.1, -0.05) is 40.9 Å². The Kier molecular flexibility index (Phi) is 4.69. The van der Waals surface area contributed by atoms with Gasteiger partial charge in [0.25, 0.3) is 0 Å². The predicted molar refractivity (Wildman–Crippen MR) is 84.8 cm³/mol. The van der Waals surface area contributed by atoms with Crippen LogP contribution in [0.5, 0.6) is 5.75 Å². The number of methoxy groups -OCH3 is 1. The van der Waals surface area contributed by atoms with Crippen LogP contribution >= 0.6 is 11.6 Å². The zero-order valence-corrected chi connectivity index (χ0v) is 13.1. The quantitative estimate of drug-likeness (QED) is 0.907. The summed E-state index contributed by atoms with van der Waals surface area (Å²) >= 11 is 6.14. The van der Waals surface area contributed by atoms with Crippen molar-refractivity contribution in [1.29, 1.82) is 0 Å². The highest BCUT2D eigenvalue weighted by molar-refractivity contribution is 6.30. The molecule has 0 aliphatic carbocycles. The first kappa shape index (κ1) is 14.9. The smallest absolute Gasteiger partial charge is 0.124 e. The highest BCUT2D eigenvalue weighted by Crippen LogP contribution is 2.32. The Morgan fingerprint density at radius 2 is 1.70 bits per heavy atom. The van der Waals surface area contributed by atoms with Gasteiger partial charge < -0.3 is 10.1 Å². The van der Waals surface area contributed by atoms with E-state index in [0.29, 0.717) is 5.02 Å². The van der Waals surface area contributed by atoms with Gasteiger partial charge >= 0.3 is 0 Å². The molecule has 0 heterocycles. The van der Waals surface area contributed by atoms with Gasteiger partial charge in [-0.15, -0.1) is 0 Å². The van der Waals surface area contributed by atoms with Crippen LogP contribution in [0.3, 0.4) is 0 Å². The van der Waals surface area contributed by atoms with Crippen molar-refractivity contribution in [1.82, 2.24) is 5.32 Å². The van der Waals surface area contributed by atoms with Crippen LogP contribution in [0.15, 0.2) is 36.4 Å². The molecule has 1 N–H and O–H groups in total. The van der Waals surface area contributed by atoms with Gasteiger partial charge in [0, 0.05) is 10.6 Å². The molecule has 1 atom stereocenters. The Bertz CT molecular complexity index is 590. The average Bonchev–Trinajstić information content (AvgIpc) is 2.39. The van der Waals surface area contributed by atoms with E-state index in [1.165, 1.54) is 16.7 Å². The van der Waals surface area contributed by atoms with Gasteiger partial charge in [0.1, 0.15) is 5.75 Å². The molecule has 1 unspecified atom stereocenters. The maximum absolute atomic E-state index is 6.14. The molecule has 3 heteroatoms. The summed E-state index contributed by atoms with van der Waals surface area (Å²) in [6.07, 6.45) is 0. The highest BCUT2D eigenvalue weighted by atomic mass is 35.5. The molecular formula is C17H20ClNO. The number of rotatable bonds is 4. The molecule has 0 radical (unpaired) electrons. The molecule has 0 saturated heterocycles. The number of benzene rings is 2. The molecule has 0 bridgehead atoms. The van der Waals surface area contributed by atoms with Crippen LogP contribution in [-0.2, 0) is 0 Å². The van der Waals surface area contributed by atoms with Crippen molar-refractivity contribution in [3.05, 3.63) is 63.7 Å². The highest BCUT2D eigenvalue weighted by Gasteiger charge is 2.17. The third-order valence-corrected chi connectivity index (χ3v) is 3.60. The topological polar surface area (TPSA) is 21.3 Å². The van der Waals surface area contributed by atoms with E-state index in [-0.39, 0.29) is 6.04 Å². The normalized spacial score (nSPS) is 12.2. The van der Waals surface area contributed by atoms with Crippen LogP contribution in [0.4, 0.5) is 0 Å². The summed E-state index contributed by atoms with van der Waals surface area (Å²) in [6.45, 7) is 4.22. The number of hydrogen-bond donors (Lipinski definition) is 1. The molecule has 0 amide bonds. The maximum Gasteiger partial charge on any atom is 0.124 e. The maximum atomic E-state index is 6.14. The molecule has 0 spiro atoms. The van der Waals surface area contributed by atoms with Crippen molar-refractivity contribution in [2.45, 2.75) is 19.9 Å². The lowest BCUT2D eigenvalue weighted by Crippen LogP contribution is -2.18. The first-order valence-electron chi connectivity index (χ1n) is 6.64. The summed E-state index contributed by atoms with van der Waals surface area (Å²) in [5.74, 6) is 0.841. The minimum atomic E-state index is 0.0576. The van der Waals surface area contributed by atoms with E-state index in [4.69, 9.17) is 16.3 Å². The zero-order chi connectivity index (χ0) is 14.7. The van der Waals surface area contributed by atoms with Gasteiger partial charge in [-0.2, -0.15) is 0 Å². The molecule has 106 valence electrons. The third-order valence-electron chi connectivity index (χ3n) is 3.37. The van der Waals surface area contributed by atoms with E-state index >= 15 is 0 Å². The predicted octanol–water partition coefficient (Wildman–Crippen LogP) is 4.27. The van der Waals surface area contributed by atoms with Crippen molar-refractivity contribution in [2.24, 2.45) is 0 Å². The van der Waals surface area contributed by atoms with Gasteiger partial charge in [0.05, 0.1) is 13.2 Å². The molecule has 0 aliphatic heterocycles. The number of hydrogen-bond acceptors (Lipinski definition) is 2. The average molecular weight is 290 g/mol. The Labute approximate surface area is 125 Å². The monoisotopic (exact) mass is 289 g/mol. The molecule has 2 aromatic rings. The van der Waals surface area contributed by atoms with E-state index in [0.717, 1.165) is 11.3 Å². The van der Waals surface area contributed by atoms with Crippen LogP contribution in [0.1, 0.15) is 28.3 Å². The van der Waals surface area contributed by atoms with Gasteiger partial charge in [0.2, 0.25) is 0 Å². The van der Waals surface area contributed by atoms with Crippen LogP contribution in [-0.4, -0.2) is 14.2 Å². The Hall–Kier alpha value is -1.51. The van der Waals surface area contributed by atoms with Crippen LogP contribution < -0.4 is 10.1 Å². The van der Waals surface area contributed by atoms with E-state index in [2.05, 4.69) is 37.4 Å².